The molecule has 1 amide bonds. The fourth-order valence-corrected chi connectivity index (χ4v) is 2.43. The van der Waals surface area contributed by atoms with Crippen molar-refractivity contribution in [1.29, 1.82) is 0 Å². The normalized spacial score (nSPS) is 14.5. The Kier molecular flexibility index (Phi) is 5.41. The largest absolute Gasteiger partial charge is 0.384 e. The first-order valence-electron chi connectivity index (χ1n) is 7.55. The van der Waals surface area contributed by atoms with E-state index in [0.717, 1.165) is 25.9 Å². The van der Waals surface area contributed by atoms with E-state index in [9.17, 15) is 4.79 Å². The minimum atomic E-state index is 0.128. The Morgan fingerprint density at radius 2 is 2.30 bits per heavy atom. The van der Waals surface area contributed by atoms with Gasteiger partial charge in [0.05, 0.1) is 0 Å². The molecule has 1 aliphatic heterocycles. The monoisotopic (exact) mass is 275 g/mol. The molecule has 1 heterocycles. The van der Waals surface area contributed by atoms with Crippen molar-refractivity contribution in [3.8, 4) is 0 Å². The minimum absolute atomic E-state index is 0.128. The van der Waals surface area contributed by atoms with E-state index in [0.29, 0.717) is 13.0 Å². The predicted molar refractivity (Wildman–Crippen MR) is 82.9 cm³/mol. The topological polar surface area (TPSA) is 53.2 Å². The first-order valence-corrected chi connectivity index (χ1v) is 7.55. The van der Waals surface area contributed by atoms with Gasteiger partial charge in [0.1, 0.15) is 0 Å². The fraction of sp³-hybridized carbons (Fsp3) is 0.562. The molecule has 3 N–H and O–H groups in total. The van der Waals surface area contributed by atoms with Crippen LogP contribution in [0.5, 0.6) is 0 Å². The van der Waals surface area contributed by atoms with E-state index < -0.39 is 0 Å². The van der Waals surface area contributed by atoms with Crippen molar-refractivity contribution >= 4 is 11.6 Å². The molecular weight excluding hydrogens is 250 g/mol. The predicted octanol–water partition coefficient (Wildman–Crippen LogP) is 2.05. The van der Waals surface area contributed by atoms with Gasteiger partial charge >= 0.3 is 0 Å². The Labute approximate surface area is 121 Å². The van der Waals surface area contributed by atoms with Crippen LogP contribution in [0.3, 0.4) is 0 Å². The van der Waals surface area contributed by atoms with Crippen molar-refractivity contribution in [1.82, 2.24) is 10.6 Å². The number of benzene rings is 1. The smallest absolute Gasteiger partial charge is 0.221 e. The third-order valence-corrected chi connectivity index (χ3v) is 3.80. The highest BCUT2D eigenvalue weighted by Gasteiger charge is 2.13. The van der Waals surface area contributed by atoms with Gasteiger partial charge in [-0.1, -0.05) is 25.1 Å². The number of hydrogen-bond donors (Lipinski definition) is 3. The summed E-state index contributed by atoms with van der Waals surface area (Å²) in [6.45, 7) is 6.67. The Morgan fingerprint density at radius 3 is 3.10 bits per heavy atom. The lowest BCUT2D eigenvalue weighted by Gasteiger charge is -2.12. The van der Waals surface area contributed by atoms with Crippen LogP contribution in [0, 0.1) is 0 Å². The fourth-order valence-electron chi connectivity index (χ4n) is 2.43. The zero-order chi connectivity index (χ0) is 14.4. The van der Waals surface area contributed by atoms with E-state index in [1.165, 1.54) is 16.8 Å². The first kappa shape index (κ1) is 14.9. The summed E-state index contributed by atoms with van der Waals surface area (Å²) in [5.74, 6) is 0.128. The molecule has 0 bridgehead atoms. The summed E-state index contributed by atoms with van der Waals surface area (Å²) in [7, 11) is 0. The van der Waals surface area contributed by atoms with E-state index in [2.05, 4.69) is 41.1 Å². The van der Waals surface area contributed by atoms with Crippen molar-refractivity contribution < 1.29 is 4.79 Å². The van der Waals surface area contributed by atoms with Crippen molar-refractivity contribution in [3.05, 3.63) is 29.3 Å². The number of carbonyl (C=O) groups is 1. The SMILES string of the molecule is CCC(C)NC(=O)CCNCc1cccc2c1NCC2. The third-order valence-electron chi connectivity index (χ3n) is 3.80. The maximum atomic E-state index is 11.6. The quantitative estimate of drug-likeness (QED) is 0.668. The van der Waals surface area contributed by atoms with Gasteiger partial charge in [-0.2, -0.15) is 0 Å². The zero-order valence-electron chi connectivity index (χ0n) is 12.5. The van der Waals surface area contributed by atoms with Crippen LogP contribution in [0.1, 0.15) is 37.8 Å². The van der Waals surface area contributed by atoms with Crippen LogP contribution in [-0.2, 0) is 17.8 Å². The molecule has 0 radical (unpaired) electrons. The summed E-state index contributed by atoms with van der Waals surface area (Å²) in [5.41, 5.74) is 3.98. The second-order valence-corrected chi connectivity index (χ2v) is 5.43. The number of rotatable bonds is 7. The highest BCUT2D eigenvalue weighted by molar-refractivity contribution is 5.76. The number of hydrogen-bond acceptors (Lipinski definition) is 3. The summed E-state index contributed by atoms with van der Waals surface area (Å²) in [5, 5.41) is 9.76. The van der Waals surface area contributed by atoms with Crippen molar-refractivity contribution in [2.75, 3.05) is 18.4 Å². The van der Waals surface area contributed by atoms with Crippen LogP contribution in [0.15, 0.2) is 18.2 Å². The van der Waals surface area contributed by atoms with Crippen LogP contribution in [-0.4, -0.2) is 25.0 Å². The molecule has 20 heavy (non-hydrogen) atoms. The summed E-state index contributed by atoms with van der Waals surface area (Å²) in [4.78, 5) is 11.6. The van der Waals surface area contributed by atoms with Gasteiger partial charge in [0, 0.05) is 37.8 Å². The van der Waals surface area contributed by atoms with Gasteiger partial charge in [-0.05, 0) is 30.9 Å². The van der Waals surface area contributed by atoms with Crippen molar-refractivity contribution in [2.45, 2.75) is 45.7 Å². The van der Waals surface area contributed by atoms with E-state index in [-0.39, 0.29) is 11.9 Å². The molecule has 0 spiro atoms. The van der Waals surface area contributed by atoms with Crippen LogP contribution < -0.4 is 16.0 Å². The molecule has 0 fully saturated rings. The van der Waals surface area contributed by atoms with Crippen molar-refractivity contribution in [3.63, 3.8) is 0 Å². The van der Waals surface area contributed by atoms with Gasteiger partial charge < -0.3 is 16.0 Å². The molecule has 2 rings (SSSR count). The average Bonchev–Trinajstić information content (AvgIpc) is 2.92. The molecule has 4 heteroatoms. The van der Waals surface area contributed by atoms with Gasteiger partial charge in [0.15, 0.2) is 0 Å². The molecule has 4 nitrogen and oxygen atoms in total. The molecule has 110 valence electrons. The van der Waals surface area contributed by atoms with Crippen LogP contribution in [0.4, 0.5) is 5.69 Å². The van der Waals surface area contributed by atoms with Crippen LogP contribution in [0.2, 0.25) is 0 Å². The summed E-state index contributed by atoms with van der Waals surface area (Å²) >= 11 is 0. The van der Waals surface area contributed by atoms with Gasteiger partial charge in [-0.15, -0.1) is 0 Å². The second-order valence-electron chi connectivity index (χ2n) is 5.43. The van der Waals surface area contributed by atoms with Gasteiger partial charge in [-0.3, -0.25) is 4.79 Å². The number of anilines is 1. The molecule has 1 aliphatic rings. The Balaban J connectivity index is 1.72. The highest BCUT2D eigenvalue weighted by Crippen LogP contribution is 2.25. The van der Waals surface area contributed by atoms with E-state index in [1.807, 2.05) is 6.92 Å². The van der Waals surface area contributed by atoms with Crippen LogP contribution in [0.25, 0.3) is 0 Å². The summed E-state index contributed by atoms with van der Waals surface area (Å²) < 4.78 is 0. The van der Waals surface area contributed by atoms with Crippen LogP contribution >= 0.6 is 0 Å². The van der Waals surface area contributed by atoms with E-state index in [4.69, 9.17) is 0 Å². The molecule has 0 saturated heterocycles. The molecule has 1 aromatic carbocycles. The maximum absolute atomic E-state index is 11.6. The Bertz CT molecular complexity index is 459. The first-order chi connectivity index (χ1) is 9.70. The Hall–Kier alpha value is -1.55. The molecular formula is C16H25N3O. The summed E-state index contributed by atoms with van der Waals surface area (Å²) in [6, 6.07) is 6.70. The van der Waals surface area contributed by atoms with Gasteiger partial charge in [0.25, 0.3) is 0 Å². The number of carbonyl (C=O) groups excluding carboxylic acids is 1. The standard InChI is InChI=1S/C16H25N3O/c1-3-12(2)19-15(20)8-9-17-11-14-6-4-5-13-7-10-18-16(13)14/h4-6,12,17-18H,3,7-11H2,1-2H3,(H,19,20). The number of amides is 1. The average molecular weight is 275 g/mol. The number of para-hydroxylation sites is 1. The summed E-state index contributed by atoms with van der Waals surface area (Å²) in [6.07, 6.45) is 2.62. The lowest BCUT2D eigenvalue weighted by Crippen LogP contribution is -2.33. The third kappa shape index (κ3) is 3.97. The molecule has 0 aromatic heterocycles. The highest BCUT2D eigenvalue weighted by atomic mass is 16.1. The number of nitrogens with one attached hydrogen (secondary N) is 3. The number of fused-ring (bicyclic) bond motifs is 1. The lowest BCUT2D eigenvalue weighted by atomic mass is 10.1. The molecule has 1 unspecified atom stereocenters. The van der Waals surface area contributed by atoms with E-state index in [1.54, 1.807) is 0 Å². The lowest BCUT2D eigenvalue weighted by molar-refractivity contribution is -0.121. The van der Waals surface area contributed by atoms with E-state index >= 15 is 0 Å². The maximum Gasteiger partial charge on any atom is 0.221 e. The van der Waals surface area contributed by atoms with Gasteiger partial charge in [-0.25, -0.2) is 0 Å². The van der Waals surface area contributed by atoms with Gasteiger partial charge in [0.2, 0.25) is 5.91 Å². The molecule has 0 saturated carbocycles. The molecule has 1 aromatic rings. The van der Waals surface area contributed by atoms with Crippen molar-refractivity contribution in [2.24, 2.45) is 0 Å². The second kappa shape index (κ2) is 7.29. The minimum Gasteiger partial charge on any atom is -0.384 e. The zero-order valence-corrected chi connectivity index (χ0v) is 12.5. The molecule has 1 atom stereocenters. The Morgan fingerprint density at radius 1 is 1.45 bits per heavy atom. The molecule has 0 aliphatic carbocycles.